The minimum absolute atomic E-state index is 0.00301. The number of carbonyl (C=O) groups is 2. The summed E-state index contributed by atoms with van der Waals surface area (Å²) in [5.41, 5.74) is 1.61. The van der Waals surface area contributed by atoms with Gasteiger partial charge >= 0.3 is 11.9 Å². The van der Waals surface area contributed by atoms with E-state index in [2.05, 4.69) is 5.32 Å². The molecular weight excluding hydrogens is 380 g/mol. The minimum atomic E-state index is -1.18. The zero-order chi connectivity index (χ0) is 20.6. The lowest BCUT2D eigenvalue weighted by molar-refractivity contribution is -0.141. The van der Waals surface area contributed by atoms with Crippen LogP contribution < -0.4 is 5.32 Å². The molecule has 1 heterocycles. The molecule has 6 nitrogen and oxygen atoms in total. The van der Waals surface area contributed by atoms with Crippen LogP contribution in [0.2, 0.25) is 5.02 Å². The number of ether oxygens (including phenoxy) is 1. The standard InChI is InChI=1S/C21H21ClN2O4/c1-11-16(19(25)26)18(13-5-4-6-15(22)14(13)9-23)17(12(2)24-11)20(27)28-10-21(3)7-8-21/h4-6,18,24H,7-8,10H2,1-3H3,(H,25,26). The smallest absolute Gasteiger partial charge is 0.336 e. The maximum atomic E-state index is 13.0. The quantitative estimate of drug-likeness (QED) is 0.728. The highest BCUT2D eigenvalue weighted by Gasteiger charge is 2.42. The van der Waals surface area contributed by atoms with E-state index in [-0.39, 0.29) is 33.8 Å². The SMILES string of the molecule is CC1=C(C(=O)O)C(c2cccc(Cl)c2C#N)C(C(=O)OCC2(C)CC2)=C(C)N1. The molecule has 0 saturated heterocycles. The molecule has 0 bridgehead atoms. The van der Waals surface area contributed by atoms with Gasteiger partial charge in [0.1, 0.15) is 6.07 Å². The third-order valence-electron chi connectivity index (χ3n) is 5.33. The molecule has 2 aliphatic rings. The number of nitriles is 1. The van der Waals surface area contributed by atoms with Gasteiger partial charge in [-0.2, -0.15) is 5.26 Å². The van der Waals surface area contributed by atoms with Gasteiger partial charge in [0.05, 0.1) is 34.3 Å². The van der Waals surface area contributed by atoms with Crippen LogP contribution in [0.3, 0.4) is 0 Å². The Morgan fingerprint density at radius 3 is 2.54 bits per heavy atom. The monoisotopic (exact) mass is 400 g/mol. The summed E-state index contributed by atoms with van der Waals surface area (Å²) in [6.07, 6.45) is 1.98. The third-order valence-corrected chi connectivity index (χ3v) is 5.65. The number of benzene rings is 1. The fourth-order valence-corrected chi connectivity index (χ4v) is 3.66. The maximum absolute atomic E-state index is 13.0. The lowest BCUT2D eigenvalue weighted by Crippen LogP contribution is -2.32. The Balaban J connectivity index is 2.12. The number of dihydropyridines is 1. The molecule has 1 aromatic carbocycles. The number of hydrogen-bond acceptors (Lipinski definition) is 5. The number of nitrogens with zero attached hydrogens (tertiary/aromatic N) is 1. The van der Waals surface area contributed by atoms with Crippen LogP contribution in [0.4, 0.5) is 0 Å². The summed E-state index contributed by atoms with van der Waals surface area (Å²) >= 11 is 6.17. The number of esters is 1. The van der Waals surface area contributed by atoms with E-state index in [1.807, 2.05) is 13.0 Å². The number of carboxylic acid groups (broad SMARTS) is 1. The molecule has 146 valence electrons. The predicted molar refractivity (Wildman–Crippen MR) is 103 cm³/mol. The van der Waals surface area contributed by atoms with Gasteiger partial charge in [-0.05, 0) is 38.3 Å². The third kappa shape index (κ3) is 3.63. The van der Waals surface area contributed by atoms with Crippen molar-refractivity contribution < 1.29 is 19.4 Å². The zero-order valence-corrected chi connectivity index (χ0v) is 16.7. The summed E-state index contributed by atoms with van der Waals surface area (Å²) in [7, 11) is 0. The van der Waals surface area contributed by atoms with E-state index < -0.39 is 17.9 Å². The first-order valence-corrected chi connectivity index (χ1v) is 9.34. The Hall–Kier alpha value is -2.78. The molecule has 0 amide bonds. The van der Waals surface area contributed by atoms with Crippen LogP contribution in [0, 0.1) is 16.7 Å². The lowest BCUT2D eigenvalue weighted by Gasteiger charge is -2.30. The Bertz CT molecular complexity index is 967. The Labute approximate surface area is 168 Å². The van der Waals surface area contributed by atoms with Gasteiger partial charge in [-0.3, -0.25) is 0 Å². The van der Waals surface area contributed by atoms with Crippen molar-refractivity contribution in [2.45, 2.75) is 39.5 Å². The molecule has 2 N–H and O–H groups in total. The highest BCUT2D eigenvalue weighted by atomic mass is 35.5. The number of halogens is 1. The van der Waals surface area contributed by atoms with E-state index in [9.17, 15) is 20.0 Å². The second kappa shape index (κ2) is 7.33. The number of carboxylic acids is 1. The molecular formula is C21H21ClN2O4. The van der Waals surface area contributed by atoms with E-state index >= 15 is 0 Å². The highest BCUT2D eigenvalue weighted by Crippen LogP contribution is 2.46. The molecule has 1 aromatic rings. The molecule has 1 saturated carbocycles. The van der Waals surface area contributed by atoms with Crippen LogP contribution in [-0.4, -0.2) is 23.7 Å². The summed E-state index contributed by atoms with van der Waals surface area (Å²) in [5.74, 6) is -2.71. The Morgan fingerprint density at radius 2 is 1.96 bits per heavy atom. The molecule has 0 aromatic heterocycles. The number of rotatable bonds is 5. The number of aliphatic carboxylic acids is 1. The van der Waals surface area contributed by atoms with Crippen LogP contribution in [0.25, 0.3) is 0 Å². The minimum Gasteiger partial charge on any atom is -0.478 e. The number of allylic oxidation sites excluding steroid dienone is 2. The molecule has 7 heteroatoms. The van der Waals surface area contributed by atoms with Gasteiger partial charge in [0, 0.05) is 16.8 Å². The number of carbonyl (C=O) groups excluding carboxylic acids is 1. The molecule has 1 fully saturated rings. The predicted octanol–water partition coefficient (Wildman–Crippen LogP) is 3.87. The van der Waals surface area contributed by atoms with Crippen LogP contribution in [-0.2, 0) is 14.3 Å². The van der Waals surface area contributed by atoms with E-state index in [1.54, 1.807) is 32.0 Å². The van der Waals surface area contributed by atoms with Crippen molar-refractivity contribution >= 4 is 23.5 Å². The summed E-state index contributed by atoms with van der Waals surface area (Å²) in [4.78, 5) is 25.0. The molecule has 1 aliphatic carbocycles. The van der Waals surface area contributed by atoms with Crippen LogP contribution >= 0.6 is 11.6 Å². The van der Waals surface area contributed by atoms with Gasteiger partial charge in [0.2, 0.25) is 0 Å². The van der Waals surface area contributed by atoms with E-state index in [0.717, 1.165) is 12.8 Å². The Kier molecular flexibility index (Phi) is 5.22. The van der Waals surface area contributed by atoms with Gasteiger partial charge < -0.3 is 15.2 Å². The summed E-state index contributed by atoms with van der Waals surface area (Å²) in [6.45, 7) is 5.64. The van der Waals surface area contributed by atoms with Gasteiger partial charge in [0.25, 0.3) is 0 Å². The normalized spacial score (nSPS) is 20.3. The van der Waals surface area contributed by atoms with Gasteiger partial charge in [-0.25, -0.2) is 9.59 Å². The van der Waals surface area contributed by atoms with Crippen molar-refractivity contribution in [3.63, 3.8) is 0 Å². The van der Waals surface area contributed by atoms with E-state index in [0.29, 0.717) is 17.0 Å². The molecule has 0 radical (unpaired) electrons. The van der Waals surface area contributed by atoms with Crippen LogP contribution in [0.15, 0.2) is 40.7 Å². The van der Waals surface area contributed by atoms with E-state index in [1.165, 1.54) is 0 Å². The topological polar surface area (TPSA) is 99.4 Å². The summed E-state index contributed by atoms with van der Waals surface area (Å²) in [5, 5.41) is 22.6. The second-order valence-electron chi connectivity index (χ2n) is 7.64. The molecule has 3 rings (SSSR count). The lowest BCUT2D eigenvalue weighted by atomic mass is 9.79. The van der Waals surface area contributed by atoms with Crippen molar-refractivity contribution in [1.29, 1.82) is 5.26 Å². The average molecular weight is 401 g/mol. The molecule has 1 aliphatic heterocycles. The van der Waals surface area contributed by atoms with Crippen LogP contribution in [0.1, 0.15) is 50.7 Å². The molecule has 0 spiro atoms. The fourth-order valence-electron chi connectivity index (χ4n) is 3.43. The van der Waals surface area contributed by atoms with Gasteiger partial charge in [-0.15, -0.1) is 0 Å². The highest BCUT2D eigenvalue weighted by molar-refractivity contribution is 6.31. The average Bonchev–Trinajstić information content (AvgIpc) is 3.36. The number of hydrogen-bond donors (Lipinski definition) is 2. The Morgan fingerprint density at radius 1 is 1.32 bits per heavy atom. The van der Waals surface area contributed by atoms with Gasteiger partial charge in [0.15, 0.2) is 0 Å². The van der Waals surface area contributed by atoms with Crippen molar-refractivity contribution in [2.24, 2.45) is 5.41 Å². The first kappa shape index (κ1) is 20.0. The van der Waals surface area contributed by atoms with E-state index in [4.69, 9.17) is 16.3 Å². The van der Waals surface area contributed by atoms with Crippen LogP contribution in [0.5, 0.6) is 0 Å². The van der Waals surface area contributed by atoms with Crippen molar-refractivity contribution in [3.05, 3.63) is 56.9 Å². The van der Waals surface area contributed by atoms with Gasteiger partial charge in [-0.1, -0.05) is 30.7 Å². The zero-order valence-electron chi connectivity index (χ0n) is 15.9. The largest absolute Gasteiger partial charge is 0.478 e. The number of nitrogens with one attached hydrogen (secondary N) is 1. The fraction of sp³-hybridized carbons (Fsp3) is 0.381. The molecule has 1 unspecified atom stereocenters. The van der Waals surface area contributed by atoms with Crippen molar-refractivity contribution in [2.75, 3.05) is 6.61 Å². The first-order valence-electron chi connectivity index (χ1n) is 8.96. The molecule has 28 heavy (non-hydrogen) atoms. The summed E-state index contributed by atoms with van der Waals surface area (Å²) in [6, 6.07) is 6.86. The van der Waals surface area contributed by atoms with Crippen molar-refractivity contribution in [3.8, 4) is 6.07 Å². The van der Waals surface area contributed by atoms with Crippen molar-refractivity contribution in [1.82, 2.24) is 5.32 Å². The maximum Gasteiger partial charge on any atom is 0.336 e. The second-order valence-corrected chi connectivity index (χ2v) is 8.05. The summed E-state index contributed by atoms with van der Waals surface area (Å²) < 4.78 is 5.53. The molecule has 1 atom stereocenters. The first-order chi connectivity index (χ1) is 13.2.